The molecule has 0 saturated heterocycles. The molecule has 4 aliphatic rings. The summed E-state index contributed by atoms with van der Waals surface area (Å²) in [5.74, 6) is 3.87. The lowest BCUT2D eigenvalue weighted by molar-refractivity contribution is -0.157. The third kappa shape index (κ3) is 2.19. The first-order chi connectivity index (χ1) is 11.4. The fraction of sp³-hybridized carbons (Fsp3) is 0.905. The number of fused-ring (bicyclic) bond motifs is 5. The van der Waals surface area contributed by atoms with Crippen LogP contribution in [0.25, 0.3) is 0 Å². The number of hydrogen-bond donors (Lipinski definition) is 0. The molecule has 0 aromatic heterocycles. The van der Waals surface area contributed by atoms with Gasteiger partial charge in [0.25, 0.3) is 0 Å². The molecular weight excluding hydrogens is 300 g/mol. The van der Waals surface area contributed by atoms with Gasteiger partial charge in [-0.1, -0.05) is 13.8 Å². The topological polar surface area (TPSA) is 43.4 Å². The Labute approximate surface area is 145 Å². The normalized spacial score (nSPS) is 51.0. The van der Waals surface area contributed by atoms with E-state index in [1.54, 1.807) is 7.11 Å². The smallest absolute Gasteiger partial charge is 0.139 e. The van der Waals surface area contributed by atoms with Crippen LogP contribution < -0.4 is 0 Å². The van der Waals surface area contributed by atoms with Crippen LogP contribution in [-0.2, 0) is 14.3 Å². The van der Waals surface area contributed by atoms with Crippen LogP contribution in [0.4, 0.5) is 0 Å². The monoisotopic (exact) mass is 332 g/mol. The average Bonchev–Trinajstić information content (AvgIpc) is 2.85. The minimum atomic E-state index is -0.0630. The van der Waals surface area contributed by atoms with Gasteiger partial charge in [0, 0.05) is 38.4 Å². The molecule has 0 radical (unpaired) electrons. The van der Waals surface area contributed by atoms with Crippen molar-refractivity contribution in [1.82, 2.24) is 0 Å². The summed E-state index contributed by atoms with van der Waals surface area (Å²) >= 11 is 0. The quantitative estimate of drug-likeness (QED) is 0.766. The molecule has 4 fully saturated rings. The third-order valence-electron chi connectivity index (χ3n) is 8.76. The Morgan fingerprint density at radius 2 is 1.83 bits per heavy atom. The number of methoxy groups -OCH3 is 1. The summed E-state index contributed by atoms with van der Waals surface area (Å²) in [5, 5.41) is 0. The minimum absolute atomic E-state index is 0.0630. The molecule has 0 spiro atoms. The first-order valence-corrected chi connectivity index (χ1v) is 9.94. The lowest BCUT2D eigenvalue weighted by Crippen LogP contribution is -2.57. The van der Waals surface area contributed by atoms with Gasteiger partial charge < -0.3 is 4.74 Å². The molecule has 4 saturated carbocycles. The van der Waals surface area contributed by atoms with Crippen LogP contribution in [0.1, 0.15) is 65.2 Å². The highest BCUT2D eigenvalue weighted by Gasteiger charge is 2.62. The van der Waals surface area contributed by atoms with Gasteiger partial charge in [-0.05, 0) is 67.1 Å². The minimum Gasteiger partial charge on any atom is -0.384 e. The van der Waals surface area contributed by atoms with E-state index in [4.69, 9.17) is 4.74 Å². The number of Topliss-reactive ketones (excluding diaryl/α,β-unsaturated/α-hetero) is 2. The Bertz CT molecular complexity index is 555. The number of ketones is 2. The molecule has 0 amide bonds. The maximum Gasteiger partial charge on any atom is 0.139 e. The van der Waals surface area contributed by atoms with Crippen LogP contribution in [0.3, 0.4) is 0 Å². The number of ether oxygens (including phenoxy) is 1. The molecule has 0 heterocycles. The molecule has 0 bridgehead atoms. The number of hydrogen-bond acceptors (Lipinski definition) is 3. The van der Waals surface area contributed by atoms with Gasteiger partial charge in [0.2, 0.25) is 0 Å². The Balaban J connectivity index is 1.69. The van der Waals surface area contributed by atoms with Crippen molar-refractivity contribution < 1.29 is 14.3 Å². The van der Waals surface area contributed by atoms with Crippen molar-refractivity contribution in [3.63, 3.8) is 0 Å². The summed E-state index contributed by atoms with van der Waals surface area (Å²) < 4.78 is 5.57. The second kappa shape index (κ2) is 5.65. The van der Waals surface area contributed by atoms with E-state index in [9.17, 15) is 9.59 Å². The molecule has 134 valence electrons. The maximum absolute atomic E-state index is 12.5. The Morgan fingerprint density at radius 3 is 2.58 bits per heavy atom. The Hall–Kier alpha value is -0.700. The molecule has 4 aliphatic carbocycles. The van der Waals surface area contributed by atoms with E-state index in [0.29, 0.717) is 41.2 Å². The van der Waals surface area contributed by atoms with Gasteiger partial charge in [0.1, 0.15) is 11.6 Å². The molecule has 0 N–H and O–H groups in total. The number of rotatable bonds is 2. The molecule has 4 rings (SSSR count). The van der Waals surface area contributed by atoms with E-state index >= 15 is 0 Å². The van der Waals surface area contributed by atoms with Crippen molar-refractivity contribution in [2.45, 2.75) is 65.2 Å². The predicted octanol–water partition coefficient (Wildman–Crippen LogP) is 4.04. The SMILES string of the molecule is COC[C@H]1C[C@@H]2[C@H](CC[C@]3(C)C(=O)CC[C@@H]23)[C@@]2(C)CCC(=O)CC12. The lowest BCUT2D eigenvalue weighted by atomic mass is 9.43. The molecule has 0 aromatic rings. The average molecular weight is 332 g/mol. The van der Waals surface area contributed by atoms with Gasteiger partial charge in [0.15, 0.2) is 0 Å². The standard InChI is InChI=1S/C21H32O3/c1-20-8-6-14(22)11-18(20)13(12-24-3)10-15-16-4-5-19(23)21(16,2)9-7-17(15)20/h13,15-18H,4-12H2,1-3H3/t13-,15+,16+,17+,18?,20-,21+/m1/s1. The summed E-state index contributed by atoms with van der Waals surface area (Å²) in [5.41, 5.74) is 0.208. The van der Waals surface area contributed by atoms with Gasteiger partial charge in [-0.15, -0.1) is 0 Å². The van der Waals surface area contributed by atoms with E-state index in [2.05, 4.69) is 13.8 Å². The second-order valence-electron chi connectivity index (χ2n) is 9.60. The molecule has 7 atom stereocenters. The molecule has 0 aromatic carbocycles. The largest absolute Gasteiger partial charge is 0.384 e. The van der Waals surface area contributed by atoms with Crippen LogP contribution in [0.2, 0.25) is 0 Å². The van der Waals surface area contributed by atoms with E-state index in [1.165, 1.54) is 12.8 Å². The van der Waals surface area contributed by atoms with Gasteiger partial charge in [0.05, 0.1) is 0 Å². The highest BCUT2D eigenvalue weighted by atomic mass is 16.5. The predicted molar refractivity (Wildman–Crippen MR) is 92.5 cm³/mol. The molecule has 3 nitrogen and oxygen atoms in total. The van der Waals surface area contributed by atoms with Crippen LogP contribution >= 0.6 is 0 Å². The van der Waals surface area contributed by atoms with Gasteiger partial charge in [-0.3, -0.25) is 9.59 Å². The summed E-state index contributed by atoms with van der Waals surface area (Å²) in [7, 11) is 1.79. The van der Waals surface area contributed by atoms with Crippen LogP contribution in [0.15, 0.2) is 0 Å². The van der Waals surface area contributed by atoms with Crippen molar-refractivity contribution in [1.29, 1.82) is 0 Å². The number of carbonyl (C=O) groups excluding carboxylic acids is 2. The fourth-order valence-corrected chi connectivity index (χ4v) is 7.46. The zero-order valence-corrected chi connectivity index (χ0v) is 15.5. The number of carbonyl (C=O) groups is 2. The maximum atomic E-state index is 12.5. The third-order valence-corrected chi connectivity index (χ3v) is 8.76. The molecule has 1 unspecified atom stereocenters. The summed E-state index contributed by atoms with van der Waals surface area (Å²) in [4.78, 5) is 24.7. The van der Waals surface area contributed by atoms with Gasteiger partial charge in [-0.25, -0.2) is 0 Å². The first-order valence-electron chi connectivity index (χ1n) is 9.94. The van der Waals surface area contributed by atoms with E-state index in [-0.39, 0.29) is 10.8 Å². The highest BCUT2D eigenvalue weighted by molar-refractivity contribution is 5.87. The van der Waals surface area contributed by atoms with Crippen LogP contribution in [0.5, 0.6) is 0 Å². The van der Waals surface area contributed by atoms with Crippen molar-refractivity contribution in [2.24, 2.45) is 40.4 Å². The summed E-state index contributed by atoms with van der Waals surface area (Å²) in [6.45, 7) is 5.48. The Kier molecular flexibility index (Phi) is 3.95. The van der Waals surface area contributed by atoms with Crippen LogP contribution in [-0.4, -0.2) is 25.3 Å². The molecule has 24 heavy (non-hydrogen) atoms. The van der Waals surface area contributed by atoms with E-state index < -0.39 is 0 Å². The highest BCUT2D eigenvalue weighted by Crippen LogP contribution is 2.66. The summed E-state index contributed by atoms with van der Waals surface area (Å²) in [6, 6.07) is 0. The first kappa shape index (κ1) is 16.8. The molecule has 0 aliphatic heterocycles. The Morgan fingerprint density at radius 1 is 1.04 bits per heavy atom. The van der Waals surface area contributed by atoms with E-state index in [0.717, 1.165) is 45.1 Å². The summed E-state index contributed by atoms with van der Waals surface area (Å²) in [6.07, 6.45) is 7.88. The van der Waals surface area contributed by atoms with Crippen molar-refractivity contribution in [3.8, 4) is 0 Å². The zero-order valence-electron chi connectivity index (χ0n) is 15.5. The van der Waals surface area contributed by atoms with Gasteiger partial charge >= 0.3 is 0 Å². The van der Waals surface area contributed by atoms with Gasteiger partial charge in [-0.2, -0.15) is 0 Å². The van der Waals surface area contributed by atoms with Crippen molar-refractivity contribution in [3.05, 3.63) is 0 Å². The van der Waals surface area contributed by atoms with Crippen molar-refractivity contribution in [2.75, 3.05) is 13.7 Å². The molecule has 3 heteroatoms. The lowest BCUT2D eigenvalue weighted by Gasteiger charge is -2.61. The second-order valence-corrected chi connectivity index (χ2v) is 9.60. The van der Waals surface area contributed by atoms with Crippen LogP contribution in [0, 0.1) is 40.4 Å². The fourth-order valence-electron chi connectivity index (χ4n) is 7.46. The van der Waals surface area contributed by atoms with Crippen molar-refractivity contribution >= 4 is 11.6 Å². The zero-order chi connectivity index (χ0) is 17.1. The molecular formula is C21H32O3. The van der Waals surface area contributed by atoms with E-state index in [1.807, 2.05) is 0 Å².